The smallest absolute Gasteiger partial charge is 0.192 e. The summed E-state index contributed by atoms with van der Waals surface area (Å²) in [6.45, 7) is 5.58. The minimum absolute atomic E-state index is 0.0556. The standard InChI is InChI=1S/C12H20N2O3S/c1-5-9-6-10(13-8-12(2,3)15)14-11(7-9)18(4,16)17/h6-7,15H,5,8H2,1-4H3,(H,13,14). The van der Waals surface area contributed by atoms with Gasteiger partial charge >= 0.3 is 0 Å². The third-order valence-electron chi connectivity index (χ3n) is 2.35. The second-order valence-electron chi connectivity index (χ2n) is 4.99. The Kier molecular flexibility index (Phi) is 4.34. The number of anilines is 1. The van der Waals surface area contributed by atoms with Crippen LogP contribution in [0.2, 0.25) is 0 Å². The number of hydrogen-bond acceptors (Lipinski definition) is 5. The average molecular weight is 272 g/mol. The zero-order chi connectivity index (χ0) is 14.0. The number of aryl methyl sites for hydroxylation is 1. The van der Waals surface area contributed by atoms with Gasteiger partial charge in [-0.15, -0.1) is 0 Å². The summed E-state index contributed by atoms with van der Waals surface area (Å²) in [5.41, 5.74) is 0.0125. The van der Waals surface area contributed by atoms with Crippen LogP contribution in [0.3, 0.4) is 0 Å². The molecular weight excluding hydrogens is 252 g/mol. The van der Waals surface area contributed by atoms with Crippen molar-refractivity contribution in [1.82, 2.24) is 4.98 Å². The highest BCUT2D eigenvalue weighted by Gasteiger charge is 2.15. The minimum Gasteiger partial charge on any atom is -0.389 e. The van der Waals surface area contributed by atoms with Gasteiger partial charge in [0.15, 0.2) is 14.9 Å². The Balaban J connectivity index is 3.06. The second kappa shape index (κ2) is 5.24. The molecule has 1 rings (SSSR count). The lowest BCUT2D eigenvalue weighted by molar-refractivity contribution is 0.0944. The van der Waals surface area contributed by atoms with Gasteiger partial charge in [-0.3, -0.25) is 0 Å². The predicted molar refractivity (Wildman–Crippen MR) is 71.5 cm³/mol. The summed E-state index contributed by atoms with van der Waals surface area (Å²) in [5, 5.41) is 12.6. The van der Waals surface area contributed by atoms with E-state index in [0.717, 1.165) is 18.2 Å². The molecule has 6 heteroatoms. The van der Waals surface area contributed by atoms with E-state index in [9.17, 15) is 13.5 Å². The van der Waals surface area contributed by atoms with Crippen molar-refractivity contribution in [1.29, 1.82) is 0 Å². The summed E-state index contributed by atoms with van der Waals surface area (Å²) in [5.74, 6) is 0.469. The van der Waals surface area contributed by atoms with Gasteiger partial charge in [-0.25, -0.2) is 13.4 Å². The molecule has 102 valence electrons. The lowest BCUT2D eigenvalue weighted by Gasteiger charge is -2.18. The van der Waals surface area contributed by atoms with Crippen LogP contribution in [0, 0.1) is 0 Å². The number of nitrogens with zero attached hydrogens (tertiary/aromatic N) is 1. The molecule has 18 heavy (non-hydrogen) atoms. The average Bonchev–Trinajstić information content (AvgIpc) is 2.24. The van der Waals surface area contributed by atoms with E-state index in [1.807, 2.05) is 6.92 Å². The first-order valence-corrected chi connectivity index (χ1v) is 7.68. The van der Waals surface area contributed by atoms with Crippen molar-refractivity contribution < 1.29 is 13.5 Å². The monoisotopic (exact) mass is 272 g/mol. The maximum atomic E-state index is 11.5. The highest BCUT2D eigenvalue weighted by molar-refractivity contribution is 7.90. The number of sulfone groups is 1. The van der Waals surface area contributed by atoms with Crippen molar-refractivity contribution in [3.8, 4) is 0 Å². The molecule has 1 aromatic rings. The van der Waals surface area contributed by atoms with Crippen LogP contribution in [0.1, 0.15) is 26.3 Å². The van der Waals surface area contributed by atoms with Gasteiger partial charge < -0.3 is 10.4 Å². The van der Waals surface area contributed by atoms with Gasteiger partial charge in [-0.05, 0) is 38.0 Å². The maximum absolute atomic E-state index is 11.5. The Labute approximate surface area is 108 Å². The first kappa shape index (κ1) is 14.9. The summed E-state index contributed by atoms with van der Waals surface area (Å²) in [6, 6.07) is 3.37. The molecule has 0 aromatic carbocycles. The van der Waals surface area contributed by atoms with Crippen molar-refractivity contribution in [2.45, 2.75) is 37.8 Å². The zero-order valence-corrected chi connectivity index (χ0v) is 12.0. The van der Waals surface area contributed by atoms with E-state index in [0.29, 0.717) is 12.4 Å². The number of pyridine rings is 1. The Morgan fingerprint density at radius 1 is 1.39 bits per heavy atom. The largest absolute Gasteiger partial charge is 0.389 e. The summed E-state index contributed by atoms with van der Waals surface area (Å²) in [7, 11) is -3.33. The van der Waals surface area contributed by atoms with Crippen LogP contribution in [-0.2, 0) is 16.3 Å². The van der Waals surface area contributed by atoms with Crippen molar-refractivity contribution >= 4 is 15.7 Å². The highest BCUT2D eigenvalue weighted by Crippen LogP contribution is 2.16. The molecule has 0 aliphatic carbocycles. The molecule has 0 atom stereocenters. The zero-order valence-electron chi connectivity index (χ0n) is 11.2. The Morgan fingerprint density at radius 2 is 2.00 bits per heavy atom. The lowest BCUT2D eigenvalue weighted by Crippen LogP contribution is -2.29. The Bertz CT molecular complexity index is 519. The van der Waals surface area contributed by atoms with Gasteiger partial charge in [0, 0.05) is 12.8 Å². The van der Waals surface area contributed by atoms with Crippen LogP contribution in [0.25, 0.3) is 0 Å². The van der Waals surface area contributed by atoms with Gasteiger partial charge in [0.1, 0.15) is 5.82 Å². The van der Waals surface area contributed by atoms with Crippen LogP contribution < -0.4 is 5.32 Å². The van der Waals surface area contributed by atoms with Crippen LogP contribution in [-0.4, -0.2) is 36.9 Å². The lowest BCUT2D eigenvalue weighted by atomic mass is 10.1. The van der Waals surface area contributed by atoms with Crippen molar-refractivity contribution in [2.24, 2.45) is 0 Å². The molecule has 0 aliphatic rings. The summed E-state index contributed by atoms with van der Waals surface area (Å²) >= 11 is 0. The van der Waals surface area contributed by atoms with Gasteiger partial charge in [-0.2, -0.15) is 0 Å². The van der Waals surface area contributed by atoms with Gasteiger partial charge in [0.25, 0.3) is 0 Å². The molecule has 1 aromatic heterocycles. The molecule has 5 nitrogen and oxygen atoms in total. The van der Waals surface area contributed by atoms with Crippen LogP contribution in [0.4, 0.5) is 5.82 Å². The molecule has 0 aliphatic heterocycles. The third kappa shape index (κ3) is 4.62. The fraction of sp³-hybridized carbons (Fsp3) is 0.583. The Hall–Kier alpha value is -1.14. The first-order chi connectivity index (χ1) is 8.12. The first-order valence-electron chi connectivity index (χ1n) is 5.79. The Morgan fingerprint density at radius 3 is 2.44 bits per heavy atom. The number of rotatable bonds is 5. The SMILES string of the molecule is CCc1cc(NCC(C)(C)O)nc(S(C)(=O)=O)c1. The van der Waals surface area contributed by atoms with E-state index >= 15 is 0 Å². The van der Waals surface area contributed by atoms with Crippen LogP contribution in [0.5, 0.6) is 0 Å². The van der Waals surface area contributed by atoms with E-state index in [4.69, 9.17) is 0 Å². The maximum Gasteiger partial charge on any atom is 0.192 e. The second-order valence-corrected chi connectivity index (χ2v) is 6.95. The van der Waals surface area contributed by atoms with E-state index in [1.54, 1.807) is 26.0 Å². The molecule has 0 fully saturated rings. The van der Waals surface area contributed by atoms with Crippen LogP contribution >= 0.6 is 0 Å². The fourth-order valence-corrected chi connectivity index (χ4v) is 1.98. The summed E-state index contributed by atoms with van der Waals surface area (Å²) in [4.78, 5) is 4.05. The van der Waals surface area contributed by atoms with E-state index in [1.165, 1.54) is 0 Å². The molecule has 0 radical (unpaired) electrons. The number of hydrogen-bond donors (Lipinski definition) is 2. The summed E-state index contributed by atoms with van der Waals surface area (Å²) < 4.78 is 23.0. The molecule has 0 bridgehead atoms. The van der Waals surface area contributed by atoms with E-state index in [2.05, 4.69) is 10.3 Å². The minimum atomic E-state index is -3.33. The number of aliphatic hydroxyl groups is 1. The van der Waals surface area contributed by atoms with Crippen LogP contribution in [0.15, 0.2) is 17.2 Å². The topological polar surface area (TPSA) is 79.3 Å². The molecule has 1 heterocycles. The van der Waals surface area contributed by atoms with Crippen molar-refractivity contribution in [2.75, 3.05) is 18.1 Å². The fourth-order valence-electron chi connectivity index (χ4n) is 1.35. The molecule has 0 amide bonds. The van der Waals surface area contributed by atoms with Gasteiger partial charge in [0.05, 0.1) is 5.60 Å². The van der Waals surface area contributed by atoms with Gasteiger partial charge in [0.2, 0.25) is 0 Å². The van der Waals surface area contributed by atoms with Crippen molar-refractivity contribution in [3.63, 3.8) is 0 Å². The van der Waals surface area contributed by atoms with Gasteiger partial charge in [-0.1, -0.05) is 6.92 Å². The predicted octanol–water partition coefficient (Wildman–Crippen LogP) is 1.23. The molecule has 2 N–H and O–H groups in total. The number of aromatic nitrogens is 1. The summed E-state index contributed by atoms with van der Waals surface area (Å²) in [6.07, 6.45) is 1.86. The van der Waals surface area contributed by atoms with E-state index < -0.39 is 15.4 Å². The quantitative estimate of drug-likeness (QED) is 0.843. The number of nitrogens with one attached hydrogen (secondary N) is 1. The molecule has 0 unspecified atom stereocenters. The molecular formula is C12H20N2O3S. The third-order valence-corrected chi connectivity index (χ3v) is 3.32. The van der Waals surface area contributed by atoms with Crippen molar-refractivity contribution in [3.05, 3.63) is 17.7 Å². The normalized spacial score (nSPS) is 12.5. The molecule has 0 saturated carbocycles. The highest BCUT2D eigenvalue weighted by atomic mass is 32.2. The van der Waals surface area contributed by atoms with E-state index in [-0.39, 0.29) is 5.03 Å². The molecule has 0 saturated heterocycles. The molecule has 0 spiro atoms.